The predicted molar refractivity (Wildman–Crippen MR) is 74.9 cm³/mol. The summed E-state index contributed by atoms with van der Waals surface area (Å²) in [5.41, 5.74) is 2.47. The molecule has 0 radical (unpaired) electrons. The first-order valence-electron chi connectivity index (χ1n) is 6.62. The molecule has 0 N–H and O–H groups in total. The molecule has 5 heteroatoms. The second-order valence-corrected chi connectivity index (χ2v) is 4.88. The number of nitriles is 1. The summed E-state index contributed by atoms with van der Waals surface area (Å²) in [6.45, 7) is 0.228. The number of carbonyl (C=O) groups excluding carboxylic acids is 1. The van der Waals surface area contributed by atoms with Crippen molar-refractivity contribution in [2.24, 2.45) is 0 Å². The van der Waals surface area contributed by atoms with Crippen LogP contribution in [0.2, 0.25) is 0 Å². The molecule has 0 aliphatic carbocycles. The van der Waals surface area contributed by atoms with Gasteiger partial charge in [-0.2, -0.15) is 5.26 Å². The maximum atomic E-state index is 13.5. The van der Waals surface area contributed by atoms with Crippen molar-refractivity contribution < 1.29 is 9.18 Å². The average molecular weight is 281 g/mol. The lowest BCUT2D eigenvalue weighted by molar-refractivity contribution is -0.119. The van der Waals surface area contributed by atoms with Gasteiger partial charge in [-0.25, -0.2) is 9.37 Å². The first-order chi connectivity index (χ1) is 10.2. The highest BCUT2D eigenvalue weighted by molar-refractivity contribution is 5.96. The third-order valence-corrected chi connectivity index (χ3v) is 3.57. The van der Waals surface area contributed by atoms with Gasteiger partial charge in [0.05, 0.1) is 12.2 Å². The van der Waals surface area contributed by atoms with Crippen LogP contribution >= 0.6 is 0 Å². The maximum Gasteiger partial charge on any atom is 0.227 e. The smallest absolute Gasteiger partial charge is 0.227 e. The van der Waals surface area contributed by atoms with Crippen LogP contribution in [0.5, 0.6) is 0 Å². The molecule has 4 nitrogen and oxygen atoms in total. The van der Waals surface area contributed by atoms with Crippen molar-refractivity contribution in [3.05, 3.63) is 59.2 Å². The monoisotopic (exact) mass is 281 g/mol. The van der Waals surface area contributed by atoms with Gasteiger partial charge in [0, 0.05) is 18.2 Å². The van der Waals surface area contributed by atoms with Crippen molar-refractivity contribution in [1.29, 1.82) is 5.26 Å². The molecule has 2 heterocycles. The van der Waals surface area contributed by atoms with Gasteiger partial charge in [-0.05, 0) is 30.2 Å². The predicted octanol–water partition coefficient (Wildman–Crippen LogP) is 2.57. The zero-order chi connectivity index (χ0) is 14.8. The number of halogens is 1. The summed E-state index contributed by atoms with van der Waals surface area (Å²) in [4.78, 5) is 17.7. The fourth-order valence-corrected chi connectivity index (χ4v) is 2.52. The highest BCUT2D eigenvalue weighted by atomic mass is 19.1. The highest BCUT2D eigenvalue weighted by Gasteiger charge is 2.25. The van der Waals surface area contributed by atoms with E-state index in [0.717, 1.165) is 5.56 Å². The van der Waals surface area contributed by atoms with Gasteiger partial charge < -0.3 is 4.90 Å². The molecule has 1 aliphatic heterocycles. The summed E-state index contributed by atoms with van der Waals surface area (Å²) in [6, 6.07) is 9.97. The van der Waals surface area contributed by atoms with E-state index in [1.54, 1.807) is 18.2 Å². The van der Waals surface area contributed by atoms with Gasteiger partial charge in [0.25, 0.3) is 0 Å². The molecule has 104 valence electrons. The zero-order valence-electron chi connectivity index (χ0n) is 11.2. The lowest BCUT2D eigenvalue weighted by Gasteiger charge is -2.29. The lowest BCUT2D eigenvalue weighted by Crippen LogP contribution is -2.35. The number of pyridine rings is 1. The molecule has 1 aliphatic rings. The number of anilines is 1. The Balaban J connectivity index is 2.01. The lowest BCUT2D eigenvalue weighted by atomic mass is 10.00. The second-order valence-electron chi connectivity index (χ2n) is 4.88. The summed E-state index contributed by atoms with van der Waals surface area (Å²) in [7, 11) is 0. The van der Waals surface area contributed by atoms with Gasteiger partial charge in [0.15, 0.2) is 0 Å². The van der Waals surface area contributed by atoms with Crippen LogP contribution in [0.4, 0.5) is 10.1 Å². The molecule has 0 fully saturated rings. The fourth-order valence-electron chi connectivity index (χ4n) is 2.52. The Morgan fingerprint density at radius 2 is 2.19 bits per heavy atom. The number of amides is 1. The van der Waals surface area contributed by atoms with Gasteiger partial charge in [0.2, 0.25) is 5.91 Å². The Morgan fingerprint density at radius 1 is 1.33 bits per heavy atom. The van der Waals surface area contributed by atoms with Crippen molar-refractivity contribution >= 4 is 11.6 Å². The third kappa shape index (κ3) is 2.48. The summed E-state index contributed by atoms with van der Waals surface area (Å²) in [5.74, 6) is -0.444. The van der Waals surface area contributed by atoms with Crippen molar-refractivity contribution in [3.8, 4) is 6.07 Å². The van der Waals surface area contributed by atoms with Crippen molar-refractivity contribution in [2.45, 2.75) is 19.4 Å². The van der Waals surface area contributed by atoms with E-state index in [-0.39, 0.29) is 24.0 Å². The van der Waals surface area contributed by atoms with E-state index in [1.807, 2.05) is 6.07 Å². The van der Waals surface area contributed by atoms with E-state index in [2.05, 4.69) is 4.98 Å². The quantitative estimate of drug-likeness (QED) is 0.850. The molecule has 0 bridgehead atoms. The molecular weight excluding hydrogens is 269 g/mol. The third-order valence-electron chi connectivity index (χ3n) is 3.57. The number of hydrogen-bond acceptors (Lipinski definition) is 3. The van der Waals surface area contributed by atoms with Gasteiger partial charge in [-0.15, -0.1) is 0 Å². The van der Waals surface area contributed by atoms with Gasteiger partial charge in [-0.3, -0.25) is 4.79 Å². The Labute approximate surface area is 121 Å². The molecule has 1 aromatic carbocycles. The summed E-state index contributed by atoms with van der Waals surface area (Å²) >= 11 is 0. The van der Waals surface area contributed by atoms with Gasteiger partial charge >= 0.3 is 0 Å². The van der Waals surface area contributed by atoms with E-state index in [9.17, 15) is 9.18 Å². The number of benzene rings is 1. The number of rotatable bonds is 2. The minimum absolute atomic E-state index is 0.0687. The average Bonchev–Trinajstić information content (AvgIpc) is 2.50. The van der Waals surface area contributed by atoms with Crippen LogP contribution in [0.3, 0.4) is 0 Å². The largest absolute Gasteiger partial charge is 0.308 e. The number of aromatic nitrogens is 1. The fraction of sp³-hybridized carbons (Fsp3) is 0.188. The second kappa shape index (κ2) is 5.33. The van der Waals surface area contributed by atoms with Gasteiger partial charge in [0.1, 0.15) is 17.6 Å². The standard InChI is InChI=1S/C16H12FN3O/c17-13-5-3-11-4-6-16(21)20(15(11)8-13)10-12-2-1-7-19-14(12)9-18/h1-3,5,7-8H,4,6,10H2. The molecule has 0 spiro atoms. The molecular formula is C16H12FN3O. The molecule has 21 heavy (non-hydrogen) atoms. The zero-order valence-corrected chi connectivity index (χ0v) is 11.2. The first-order valence-corrected chi connectivity index (χ1v) is 6.62. The molecule has 0 saturated carbocycles. The topological polar surface area (TPSA) is 57.0 Å². The van der Waals surface area contributed by atoms with Crippen LogP contribution in [-0.4, -0.2) is 10.9 Å². The number of hydrogen-bond donors (Lipinski definition) is 0. The minimum Gasteiger partial charge on any atom is -0.308 e. The molecule has 2 aromatic rings. The molecule has 1 amide bonds. The van der Waals surface area contributed by atoms with E-state index >= 15 is 0 Å². The summed E-state index contributed by atoms with van der Waals surface area (Å²) in [5, 5.41) is 9.08. The molecule has 0 saturated heterocycles. The van der Waals surface area contributed by atoms with Gasteiger partial charge in [-0.1, -0.05) is 12.1 Å². The molecule has 0 unspecified atom stereocenters. The summed E-state index contributed by atoms with van der Waals surface area (Å²) in [6.07, 6.45) is 2.54. The van der Waals surface area contributed by atoms with Crippen molar-refractivity contribution in [1.82, 2.24) is 4.98 Å². The van der Waals surface area contributed by atoms with E-state index < -0.39 is 0 Å². The van der Waals surface area contributed by atoms with Crippen LogP contribution in [0.15, 0.2) is 36.5 Å². The highest BCUT2D eigenvalue weighted by Crippen LogP contribution is 2.30. The van der Waals surface area contributed by atoms with Crippen LogP contribution in [0, 0.1) is 17.1 Å². The number of nitrogens with zero attached hydrogens (tertiary/aromatic N) is 3. The molecule has 1 aromatic heterocycles. The summed E-state index contributed by atoms with van der Waals surface area (Å²) < 4.78 is 13.5. The van der Waals surface area contributed by atoms with Crippen molar-refractivity contribution in [2.75, 3.05) is 4.90 Å². The Kier molecular flexibility index (Phi) is 3.36. The van der Waals surface area contributed by atoms with Crippen LogP contribution in [0.25, 0.3) is 0 Å². The SMILES string of the molecule is N#Cc1ncccc1CN1C(=O)CCc2ccc(F)cc21. The molecule has 0 atom stereocenters. The Bertz CT molecular complexity index is 751. The van der Waals surface area contributed by atoms with E-state index in [4.69, 9.17) is 5.26 Å². The Morgan fingerprint density at radius 3 is 3.00 bits per heavy atom. The first kappa shape index (κ1) is 13.3. The molecule has 3 rings (SSSR count). The minimum atomic E-state index is -0.375. The maximum absolute atomic E-state index is 13.5. The van der Waals surface area contributed by atoms with Crippen LogP contribution in [-0.2, 0) is 17.8 Å². The Hall–Kier alpha value is -2.74. The number of carbonyl (C=O) groups is 1. The van der Waals surface area contributed by atoms with Crippen molar-refractivity contribution in [3.63, 3.8) is 0 Å². The van der Waals surface area contributed by atoms with E-state index in [0.29, 0.717) is 24.1 Å². The normalized spacial score (nSPS) is 13.7. The van der Waals surface area contributed by atoms with E-state index in [1.165, 1.54) is 23.2 Å². The van der Waals surface area contributed by atoms with Crippen LogP contribution in [0.1, 0.15) is 23.2 Å². The number of aryl methyl sites for hydroxylation is 1. The van der Waals surface area contributed by atoms with Crippen LogP contribution < -0.4 is 4.90 Å². The number of fused-ring (bicyclic) bond motifs is 1.